The molecule has 2 rings (SSSR count). The molecule has 2 aromatic carbocycles. The highest BCUT2D eigenvalue weighted by molar-refractivity contribution is 9.10. The van der Waals surface area contributed by atoms with Gasteiger partial charge >= 0.3 is 0 Å². The van der Waals surface area contributed by atoms with Crippen LogP contribution in [0.25, 0.3) is 0 Å². The molecular weight excluding hydrogens is 302 g/mol. The van der Waals surface area contributed by atoms with Crippen molar-refractivity contribution in [2.24, 2.45) is 0 Å². The lowest BCUT2D eigenvalue weighted by Crippen LogP contribution is -2.17. The zero-order valence-corrected chi connectivity index (χ0v) is 13.0. The number of rotatable bonds is 4. The van der Waals surface area contributed by atoms with Gasteiger partial charge in [0.1, 0.15) is 5.75 Å². The van der Waals surface area contributed by atoms with E-state index in [-0.39, 0.29) is 6.04 Å². The number of nitrogens with one attached hydrogen (secondary N) is 1. The number of hydrogen-bond acceptors (Lipinski definition) is 2. The summed E-state index contributed by atoms with van der Waals surface area (Å²) < 4.78 is 6.24. The zero-order chi connectivity index (χ0) is 13.8. The largest absolute Gasteiger partial charge is 0.496 e. The van der Waals surface area contributed by atoms with Gasteiger partial charge in [-0.25, -0.2) is 0 Å². The lowest BCUT2D eigenvalue weighted by Gasteiger charge is -2.18. The van der Waals surface area contributed by atoms with Crippen LogP contribution >= 0.6 is 15.9 Å². The fourth-order valence-electron chi connectivity index (χ4n) is 2.15. The maximum absolute atomic E-state index is 5.27. The van der Waals surface area contributed by atoms with Crippen LogP contribution in [0, 0.1) is 6.92 Å². The summed E-state index contributed by atoms with van der Waals surface area (Å²) in [6, 6.07) is 14.9. The Morgan fingerprint density at radius 3 is 2.21 bits per heavy atom. The highest BCUT2D eigenvalue weighted by atomic mass is 79.9. The van der Waals surface area contributed by atoms with Crippen LogP contribution in [-0.4, -0.2) is 14.2 Å². The maximum atomic E-state index is 5.27. The van der Waals surface area contributed by atoms with Gasteiger partial charge in [-0.05, 0) is 53.2 Å². The monoisotopic (exact) mass is 319 g/mol. The van der Waals surface area contributed by atoms with Gasteiger partial charge in [0.2, 0.25) is 0 Å². The standard InChI is InChI=1S/C16H18BrNO/c1-11-4-6-12(7-5-11)16(18-2)13-8-9-15(19-3)14(17)10-13/h4-10,16,18H,1-3H3. The summed E-state index contributed by atoms with van der Waals surface area (Å²) in [5.74, 6) is 0.850. The SMILES string of the molecule is CNC(c1ccc(C)cc1)c1ccc(OC)c(Br)c1. The van der Waals surface area contributed by atoms with Crippen LogP contribution in [0.15, 0.2) is 46.9 Å². The van der Waals surface area contributed by atoms with Gasteiger partial charge in [0.25, 0.3) is 0 Å². The number of aryl methyl sites for hydroxylation is 1. The first-order valence-electron chi connectivity index (χ1n) is 6.23. The molecule has 0 amide bonds. The van der Waals surface area contributed by atoms with Gasteiger partial charge in [0.15, 0.2) is 0 Å². The summed E-state index contributed by atoms with van der Waals surface area (Å²) in [5, 5.41) is 3.36. The first kappa shape index (κ1) is 14.1. The minimum Gasteiger partial charge on any atom is -0.496 e. The predicted octanol–water partition coefficient (Wildman–Crippen LogP) is 4.07. The molecule has 19 heavy (non-hydrogen) atoms. The minimum absolute atomic E-state index is 0.183. The number of hydrogen-bond donors (Lipinski definition) is 1. The van der Waals surface area contributed by atoms with Gasteiger partial charge < -0.3 is 10.1 Å². The number of benzene rings is 2. The van der Waals surface area contributed by atoms with Crippen LogP contribution in [0.5, 0.6) is 5.75 Å². The van der Waals surface area contributed by atoms with E-state index in [4.69, 9.17) is 4.74 Å². The smallest absolute Gasteiger partial charge is 0.133 e. The second-order valence-corrected chi connectivity index (χ2v) is 5.38. The molecular formula is C16H18BrNO. The van der Waals surface area contributed by atoms with Crippen LogP contribution in [0.2, 0.25) is 0 Å². The molecule has 100 valence electrons. The van der Waals surface area contributed by atoms with Crippen LogP contribution < -0.4 is 10.1 Å². The second kappa shape index (κ2) is 6.22. The van der Waals surface area contributed by atoms with Gasteiger partial charge in [-0.3, -0.25) is 0 Å². The van der Waals surface area contributed by atoms with Crippen LogP contribution in [0.3, 0.4) is 0 Å². The maximum Gasteiger partial charge on any atom is 0.133 e. The molecule has 0 aliphatic carbocycles. The Morgan fingerprint density at radius 1 is 1.05 bits per heavy atom. The van der Waals surface area contributed by atoms with E-state index in [1.807, 2.05) is 13.1 Å². The Labute approximate surface area is 122 Å². The Bertz CT molecular complexity index is 551. The molecule has 0 saturated heterocycles. The van der Waals surface area contributed by atoms with Gasteiger partial charge in [0, 0.05) is 0 Å². The number of ether oxygens (including phenoxy) is 1. The Kier molecular flexibility index (Phi) is 4.61. The third-order valence-electron chi connectivity index (χ3n) is 3.21. The quantitative estimate of drug-likeness (QED) is 0.917. The van der Waals surface area contributed by atoms with Gasteiger partial charge in [-0.2, -0.15) is 0 Å². The van der Waals surface area contributed by atoms with Crippen LogP contribution in [-0.2, 0) is 0 Å². The van der Waals surface area contributed by atoms with Crippen molar-refractivity contribution in [3.05, 3.63) is 63.6 Å². The molecule has 0 fully saturated rings. The van der Waals surface area contributed by atoms with Crippen molar-refractivity contribution in [2.75, 3.05) is 14.2 Å². The zero-order valence-electron chi connectivity index (χ0n) is 11.4. The van der Waals surface area contributed by atoms with Crippen molar-refractivity contribution in [1.82, 2.24) is 5.32 Å². The normalized spacial score (nSPS) is 12.2. The molecule has 0 saturated carbocycles. The summed E-state index contributed by atoms with van der Waals surface area (Å²) in [4.78, 5) is 0. The fourth-order valence-corrected chi connectivity index (χ4v) is 2.71. The van der Waals surface area contributed by atoms with E-state index in [0.29, 0.717) is 0 Å². The van der Waals surface area contributed by atoms with Crippen LogP contribution in [0.4, 0.5) is 0 Å². The lowest BCUT2D eigenvalue weighted by atomic mass is 9.98. The van der Waals surface area contributed by atoms with E-state index in [9.17, 15) is 0 Å². The van der Waals surface area contributed by atoms with E-state index in [0.717, 1.165) is 10.2 Å². The third-order valence-corrected chi connectivity index (χ3v) is 3.83. The van der Waals surface area contributed by atoms with Crippen molar-refractivity contribution in [3.8, 4) is 5.75 Å². The minimum atomic E-state index is 0.183. The lowest BCUT2D eigenvalue weighted by molar-refractivity contribution is 0.412. The van der Waals surface area contributed by atoms with Crippen molar-refractivity contribution in [3.63, 3.8) is 0 Å². The average molecular weight is 320 g/mol. The summed E-state index contributed by atoms with van der Waals surface area (Å²) in [6.07, 6.45) is 0. The van der Waals surface area contributed by atoms with Crippen molar-refractivity contribution in [2.45, 2.75) is 13.0 Å². The summed E-state index contributed by atoms with van der Waals surface area (Å²) in [7, 11) is 3.65. The third kappa shape index (κ3) is 3.17. The van der Waals surface area contributed by atoms with E-state index in [1.54, 1.807) is 7.11 Å². The fraction of sp³-hybridized carbons (Fsp3) is 0.250. The van der Waals surface area contributed by atoms with E-state index >= 15 is 0 Å². The molecule has 1 N–H and O–H groups in total. The Balaban J connectivity index is 2.36. The van der Waals surface area contributed by atoms with Crippen molar-refractivity contribution < 1.29 is 4.74 Å². The molecule has 1 unspecified atom stereocenters. The molecule has 0 heterocycles. The summed E-state index contributed by atoms with van der Waals surface area (Å²) in [6.45, 7) is 2.10. The van der Waals surface area contributed by atoms with Gasteiger partial charge in [0.05, 0.1) is 17.6 Å². The topological polar surface area (TPSA) is 21.3 Å². The molecule has 0 aromatic heterocycles. The van der Waals surface area contributed by atoms with E-state index < -0.39 is 0 Å². The molecule has 0 aliphatic heterocycles. The predicted molar refractivity (Wildman–Crippen MR) is 82.8 cm³/mol. The Hall–Kier alpha value is -1.32. The molecule has 0 bridgehead atoms. The number of halogens is 1. The van der Waals surface area contributed by atoms with Crippen LogP contribution in [0.1, 0.15) is 22.7 Å². The Morgan fingerprint density at radius 2 is 1.68 bits per heavy atom. The highest BCUT2D eigenvalue weighted by Crippen LogP contribution is 2.30. The summed E-state index contributed by atoms with van der Waals surface area (Å²) in [5.41, 5.74) is 3.73. The van der Waals surface area contributed by atoms with Gasteiger partial charge in [-0.1, -0.05) is 35.9 Å². The molecule has 2 nitrogen and oxygen atoms in total. The molecule has 0 aliphatic rings. The van der Waals surface area contributed by atoms with Crippen molar-refractivity contribution >= 4 is 15.9 Å². The summed E-state index contributed by atoms with van der Waals surface area (Å²) >= 11 is 3.54. The molecule has 0 radical (unpaired) electrons. The number of methoxy groups -OCH3 is 1. The first-order chi connectivity index (χ1) is 9.15. The van der Waals surface area contributed by atoms with Crippen molar-refractivity contribution in [1.29, 1.82) is 0 Å². The molecule has 3 heteroatoms. The first-order valence-corrected chi connectivity index (χ1v) is 7.02. The average Bonchev–Trinajstić information content (AvgIpc) is 2.42. The molecule has 0 spiro atoms. The second-order valence-electron chi connectivity index (χ2n) is 4.53. The highest BCUT2D eigenvalue weighted by Gasteiger charge is 2.13. The molecule has 1 atom stereocenters. The van der Waals surface area contributed by atoms with Gasteiger partial charge in [-0.15, -0.1) is 0 Å². The van der Waals surface area contributed by atoms with E-state index in [1.165, 1.54) is 16.7 Å². The van der Waals surface area contributed by atoms with E-state index in [2.05, 4.69) is 64.6 Å². The molecule has 2 aromatic rings.